The summed E-state index contributed by atoms with van der Waals surface area (Å²) in [4.78, 5) is 18.4. The van der Waals surface area contributed by atoms with Gasteiger partial charge < -0.3 is 10.6 Å². The highest BCUT2D eigenvalue weighted by Gasteiger charge is 2.32. The fourth-order valence-corrected chi connectivity index (χ4v) is 3.08. The molecule has 0 saturated carbocycles. The monoisotopic (exact) mass is 325 g/mol. The molecular weight excluding hydrogens is 306 g/mol. The predicted octanol–water partition coefficient (Wildman–Crippen LogP) is 2.64. The number of nitrogens with two attached hydrogens (primary N) is 1. The summed E-state index contributed by atoms with van der Waals surface area (Å²) in [5, 5.41) is 0. The summed E-state index contributed by atoms with van der Waals surface area (Å²) in [6.45, 7) is 2.84. The third kappa shape index (κ3) is 3.34. The van der Waals surface area contributed by atoms with Gasteiger partial charge in [0.05, 0.1) is 6.04 Å². The SMILES string of the molecule is CCCN1C(=O)CCCC(N)C1c1cncc(Br)c1. The molecule has 2 unspecified atom stereocenters. The van der Waals surface area contributed by atoms with Gasteiger partial charge in [-0.2, -0.15) is 0 Å². The normalized spacial score (nSPS) is 24.4. The summed E-state index contributed by atoms with van der Waals surface area (Å²) >= 11 is 3.44. The Balaban J connectivity index is 2.37. The summed E-state index contributed by atoms with van der Waals surface area (Å²) in [7, 11) is 0. The third-order valence-corrected chi connectivity index (χ3v) is 3.96. The van der Waals surface area contributed by atoms with Crippen molar-refractivity contribution in [2.45, 2.75) is 44.7 Å². The fraction of sp³-hybridized carbons (Fsp3) is 0.571. The van der Waals surface area contributed by atoms with Gasteiger partial charge in [-0.25, -0.2) is 0 Å². The van der Waals surface area contributed by atoms with Crippen molar-refractivity contribution in [1.82, 2.24) is 9.88 Å². The van der Waals surface area contributed by atoms with Crippen molar-refractivity contribution in [3.05, 3.63) is 28.5 Å². The van der Waals surface area contributed by atoms with Crippen LogP contribution in [0.1, 0.15) is 44.2 Å². The van der Waals surface area contributed by atoms with E-state index in [-0.39, 0.29) is 18.0 Å². The summed E-state index contributed by atoms with van der Waals surface area (Å²) in [6, 6.07) is 1.94. The summed E-state index contributed by atoms with van der Waals surface area (Å²) < 4.78 is 0.922. The second-order valence-corrected chi connectivity index (χ2v) is 5.94. The highest BCUT2D eigenvalue weighted by Crippen LogP contribution is 2.31. The van der Waals surface area contributed by atoms with Crippen LogP contribution in [-0.4, -0.2) is 28.4 Å². The highest BCUT2D eigenvalue weighted by molar-refractivity contribution is 9.10. The van der Waals surface area contributed by atoms with Crippen molar-refractivity contribution in [2.24, 2.45) is 5.73 Å². The Morgan fingerprint density at radius 3 is 3.00 bits per heavy atom. The molecule has 0 aromatic carbocycles. The second kappa shape index (κ2) is 6.48. The predicted molar refractivity (Wildman–Crippen MR) is 78.5 cm³/mol. The maximum Gasteiger partial charge on any atom is 0.223 e. The zero-order valence-corrected chi connectivity index (χ0v) is 12.8. The number of hydrogen-bond acceptors (Lipinski definition) is 3. The van der Waals surface area contributed by atoms with Crippen molar-refractivity contribution in [2.75, 3.05) is 6.54 Å². The van der Waals surface area contributed by atoms with E-state index in [1.165, 1.54) is 0 Å². The Morgan fingerprint density at radius 2 is 2.32 bits per heavy atom. The van der Waals surface area contributed by atoms with Crippen LogP contribution >= 0.6 is 15.9 Å². The van der Waals surface area contributed by atoms with Crippen LogP contribution < -0.4 is 5.73 Å². The highest BCUT2D eigenvalue weighted by atomic mass is 79.9. The number of rotatable bonds is 3. The van der Waals surface area contributed by atoms with Gasteiger partial charge in [-0.15, -0.1) is 0 Å². The molecule has 4 nitrogen and oxygen atoms in total. The molecule has 1 aliphatic heterocycles. The molecule has 0 aliphatic carbocycles. The lowest BCUT2D eigenvalue weighted by Crippen LogP contribution is -2.42. The van der Waals surface area contributed by atoms with E-state index in [9.17, 15) is 4.79 Å². The lowest BCUT2D eigenvalue weighted by Gasteiger charge is -2.33. The smallest absolute Gasteiger partial charge is 0.223 e. The number of nitrogens with zero attached hydrogens (tertiary/aromatic N) is 2. The maximum absolute atomic E-state index is 12.3. The van der Waals surface area contributed by atoms with Crippen molar-refractivity contribution in [3.8, 4) is 0 Å². The molecule has 1 saturated heterocycles. The molecule has 19 heavy (non-hydrogen) atoms. The molecule has 1 aliphatic rings. The number of carbonyl (C=O) groups is 1. The number of likely N-dealkylation sites (tertiary alicyclic amines) is 1. The molecule has 2 heterocycles. The van der Waals surface area contributed by atoms with Crippen LogP contribution in [0.15, 0.2) is 22.9 Å². The first kappa shape index (κ1) is 14.5. The molecule has 2 atom stereocenters. The van der Waals surface area contributed by atoms with Gasteiger partial charge in [0.2, 0.25) is 5.91 Å². The van der Waals surface area contributed by atoms with Crippen molar-refractivity contribution in [3.63, 3.8) is 0 Å². The van der Waals surface area contributed by atoms with E-state index in [2.05, 4.69) is 27.8 Å². The molecule has 0 bridgehead atoms. The van der Waals surface area contributed by atoms with Gasteiger partial charge in [-0.1, -0.05) is 6.92 Å². The van der Waals surface area contributed by atoms with Crippen LogP contribution in [-0.2, 0) is 4.79 Å². The number of amides is 1. The van der Waals surface area contributed by atoms with Gasteiger partial charge in [-0.05, 0) is 46.8 Å². The van der Waals surface area contributed by atoms with E-state index in [0.717, 1.165) is 35.8 Å². The summed E-state index contributed by atoms with van der Waals surface area (Å²) in [5.41, 5.74) is 7.33. The standard InChI is InChI=1S/C14H20BrN3O/c1-2-6-18-13(19)5-3-4-12(16)14(18)10-7-11(15)9-17-8-10/h7-9,12,14H,2-6,16H2,1H3. The lowest BCUT2D eigenvalue weighted by molar-refractivity contribution is -0.133. The topological polar surface area (TPSA) is 59.2 Å². The molecule has 1 amide bonds. The van der Waals surface area contributed by atoms with Crippen LogP contribution in [0.5, 0.6) is 0 Å². The Kier molecular flexibility index (Phi) is 4.93. The van der Waals surface area contributed by atoms with Crippen LogP contribution in [0.3, 0.4) is 0 Å². The van der Waals surface area contributed by atoms with Crippen LogP contribution in [0, 0.1) is 0 Å². The van der Waals surface area contributed by atoms with Crippen LogP contribution in [0.4, 0.5) is 0 Å². The number of carbonyl (C=O) groups excluding carboxylic acids is 1. The van der Waals surface area contributed by atoms with E-state index in [4.69, 9.17) is 5.73 Å². The largest absolute Gasteiger partial charge is 0.334 e. The summed E-state index contributed by atoms with van der Waals surface area (Å²) in [5.74, 6) is 0.208. The minimum absolute atomic E-state index is 0.0194. The Bertz CT molecular complexity index is 452. The minimum Gasteiger partial charge on any atom is -0.334 e. The number of aromatic nitrogens is 1. The molecule has 2 rings (SSSR count). The van der Waals surface area contributed by atoms with E-state index >= 15 is 0 Å². The van der Waals surface area contributed by atoms with Gasteiger partial charge in [-0.3, -0.25) is 9.78 Å². The van der Waals surface area contributed by atoms with Gasteiger partial charge in [0, 0.05) is 35.9 Å². The first-order valence-corrected chi connectivity index (χ1v) is 7.58. The Hall–Kier alpha value is -0.940. The molecule has 1 aromatic heterocycles. The molecule has 104 valence electrons. The molecule has 1 aromatic rings. The van der Waals surface area contributed by atoms with E-state index in [1.54, 1.807) is 6.20 Å². The van der Waals surface area contributed by atoms with Gasteiger partial charge >= 0.3 is 0 Å². The molecule has 5 heteroatoms. The second-order valence-electron chi connectivity index (χ2n) is 5.02. The lowest BCUT2D eigenvalue weighted by atomic mass is 9.97. The summed E-state index contributed by atoms with van der Waals surface area (Å²) in [6.07, 6.45) is 6.86. The van der Waals surface area contributed by atoms with Gasteiger partial charge in [0.25, 0.3) is 0 Å². The van der Waals surface area contributed by atoms with Crippen molar-refractivity contribution >= 4 is 21.8 Å². The number of hydrogen-bond donors (Lipinski definition) is 1. The molecular formula is C14H20BrN3O. The Morgan fingerprint density at radius 1 is 1.53 bits per heavy atom. The van der Waals surface area contributed by atoms with Crippen LogP contribution in [0.2, 0.25) is 0 Å². The first-order chi connectivity index (χ1) is 9.13. The van der Waals surface area contributed by atoms with Crippen molar-refractivity contribution in [1.29, 1.82) is 0 Å². The van der Waals surface area contributed by atoms with Gasteiger partial charge in [0.1, 0.15) is 0 Å². The maximum atomic E-state index is 12.3. The quantitative estimate of drug-likeness (QED) is 0.929. The fourth-order valence-electron chi connectivity index (χ4n) is 2.70. The van der Waals surface area contributed by atoms with E-state index in [1.807, 2.05) is 17.2 Å². The minimum atomic E-state index is -0.0556. The van der Waals surface area contributed by atoms with E-state index in [0.29, 0.717) is 6.42 Å². The number of halogens is 1. The molecule has 0 spiro atoms. The zero-order chi connectivity index (χ0) is 13.8. The zero-order valence-electron chi connectivity index (χ0n) is 11.2. The van der Waals surface area contributed by atoms with Gasteiger partial charge in [0.15, 0.2) is 0 Å². The van der Waals surface area contributed by atoms with Crippen molar-refractivity contribution < 1.29 is 4.79 Å². The van der Waals surface area contributed by atoms with Crippen LogP contribution in [0.25, 0.3) is 0 Å². The van der Waals surface area contributed by atoms with E-state index < -0.39 is 0 Å². The average molecular weight is 326 g/mol. The number of pyridine rings is 1. The Labute approximate surface area is 122 Å². The molecule has 2 N–H and O–H groups in total. The average Bonchev–Trinajstić information content (AvgIpc) is 2.50. The third-order valence-electron chi connectivity index (χ3n) is 3.52. The molecule has 0 radical (unpaired) electrons. The molecule has 1 fully saturated rings. The first-order valence-electron chi connectivity index (χ1n) is 6.79.